The van der Waals surface area contributed by atoms with Crippen LogP contribution in [0, 0.1) is 0 Å². The number of hydrogen-bond donors (Lipinski definition) is 2. The summed E-state index contributed by atoms with van der Waals surface area (Å²) in [6.45, 7) is 0. The van der Waals surface area contributed by atoms with E-state index in [9.17, 15) is 0 Å². The maximum absolute atomic E-state index is 3.66. The molecule has 0 bridgehead atoms. The third kappa shape index (κ3) is 2.93. The molecule has 0 aliphatic heterocycles. The Morgan fingerprint density at radius 1 is 0.630 bits per heavy atom. The SMILES string of the molecule is Brc1cc(Br)cc(C(c2c[nH]c3ccccc23)c2c[nH]c3ccccc23)c1. The van der Waals surface area contributed by atoms with Crippen LogP contribution in [0.25, 0.3) is 21.8 Å². The molecule has 0 saturated heterocycles. The average Bonchev–Trinajstić information content (AvgIpc) is 3.27. The van der Waals surface area contributed by atoms with Crippen LogP contribution in [0.3, 0.4) is 0 Å². The second-order valence-electron chi connectivity index (χ2n) is 6.71. The smallest absolute Gasteiger partial charge is 0.0457 e. The molecule has 3 aromatic carbocycles. The molecule has 4 heteroatoms. The summed E-state index contributed by atoms with van der Waals surface area (Å²) in [4.78, 5) is 6.89. The van der Waals surface area contributed by atoms with Gasteiger partial charge in [-0.1, -0.05) is 68.3 Å². The third-order valence-corrected chi connectivity index (χ3v) is 6.00. The number of nitrogens with one attached hydrogen (secondary N) is 2. The van der Waals surface area contributed by atoms with Gasteiger partial charge in [0.1, 0.15) is 0 Å². The Morgan fingerprint density at radius 3 is 1.63 bits per heavy atom. The first-order valence-corrected chi connectivity index (χ1v) is 10.4. The molecule has 0 amide bonds. The van der Waals surface area contributed by atoms with Crippen molar-refractivity contribution in [2.75, 3.05) is 0 Å². The zero-order valence-electron chi connectivity index (χ0n) is 14.3. The minimum absolute atomic E-state index is 0.117. The Hall–Kier alpha value is -2.30. The lowest BCUT2D eigenvalue weighted by atomic mass is 9.85. The first kappa shape index (κ1) is 16.8. The normalized spacial score (nSPS) is 11.7. The van der Waals surface area contributed by atoms with Gasteiger partial charge in [-0.2, -0.15) is 0 Å². The first-order chi connectivity index (χ1) is 13.2. The summed E-state index contributed by atoms with van der Waals surface area (Å²) in [6.07, 6.45) is 4.29. The Morgan fingerprint density at radius 2 is 1.11 bits per heavy atom. The molecule has 2 heterocycles. The van der Waals surface area contributed by atoms with Crippen LogP contribution < -0.4 is 0 Å². The molecule has 5 rings (SSSR count). The average molecular weight is 480 g/mol. The van der Waals surface area contributed by atoms with Crippen LogP contribution in [0.2, 0.25) is 0 Å². The molecule has 0 aliphatic rings. The van der Waals surface area contributed by atoms with Gasteiger partial charge in [0.05, 0.1) is 0 Å². The number of H-pyrrole nitrogens is 2. The first-order valence-electron chi connectivity index (χ1n) is 8.79. The largest absolute Gasteiger partial charge is 0.361 e. The van der Waals surface area contributed by atoms with Crippen molar-refractivity contribution in [3.05, 3.63) is 105 Å². The van der Waals surface area contributed by atoms with Crippen LogP contribution in [0.4, 0.5) is 0 Å². The third-order valence-electron chi connectivity index (χ3n) is 5.08. The highest BCUT2D eigenvalue weighted by atomic mass is 79.9. The van der Waals surface area contributed by atoms with Crippen LogP contribution >= 0.6 is 31.9 Å². The van der Waals surface area contributed by atoms with Crippen molar-refractivity contribution in [2.24, 2.45) is 0 Å². The molecular formula is C23H16Br2N2. The maximum Gasteiger partial charge on any atom is 0.0457 e. The van der Waals surface area contributed by atoms with Gasteiger partial charge in [0.2, 0.25) is 0 Å². The van der Waals surface area contributed by atoms with Gasteiger partial charge in [-0.05, 0) is 47.0 Å². The van der Waals surface area contributed by atoms with Gasteiger partial charge in [-0.15, -0.1) is 0 Å². The summed E-state index contributed by atoms with van der Waals surface area (Å²) in [6, 6.07) is 23.5. The quantitative estimate of drug-likeness (QED) is 0.271. The van der Waals surface area contributed by atoms with Crippen molar-refractivity contribution in [1.82, 2.24) is 9.97 Å². The highest BCUT2D eigenvalue weighted by molar-refractivity contribution is 9.11. The molecule has 0 aliphatic carbocycles. The molecule has 0 spiro atoms. The molecular weight excluding hydrogens is 464 g/mol. The standard InChI is InChI=1S/C23H16Br2N2/c24-15-9-14(10-16(25)11-15)23(19-12-26-21-7-3-1-5-17(19)21)20-13-27-22-8-4-2-6-18(20)22/h1-13,23,26-27H. The van der Waals surface area contributed by atoms with Crippen molar-refractivity contribution in [3.63, 3.8) is 0 Å². The molecule has 0 atom stereocenters. The van der Waals surface area contributed by atoms with E-state index in [0.717, 1.165) is 20.0 Å². The number of rotatable bonds is 3. The van der Waals surface area contributed by atoms with E-state index in [1.165, 1.54) is 27.5 Å². The van der Waals surface area contributed by atoms with Gasteiger partial charge in [-0.25, -0.2) is 0 Å². The summed E-state index contributed by atoms with van der Waals surface area (Å²) in [7, 11) is 0. The van der Waals surface area contributed by atoms with Gasteiger partial charge in [-0.3, -0.25) is 0 Å². The van der Waals surface area contributed by atoms with Gasteiger partial charge < -0.3 is 9.97 Å². The van der Waals surface area contributed by atoms with Crippen LogP contribution in [-0.4, -0.2) is 9.97 Å². The fourth-order valence-electron chi connectivity index (χ4n) is 3.93. The molecule has 0 saturated carbocycles. The Kier molecular flexibility index (Phi) is 4.18. The van der Waals surface area contributed by atoms with E-state index in [1.54, 1.807) is 0 Å². The van der Waals surface area contributed by atoms with E-state index < -0.39 is 0 Å². The molecule has 2 nitrogen and oxygen atoms in total. The molecule has 0 radical (unpaired) electrons. The number of fused-ring (bicyclic) bond motifs is 2. The number of aromatic nitrogens is 2. The Balaban J connectivity index is 1.82. The lowest BCUT2D eigenvalue weighted by Gasteiger charge is -2.18. The minimum atomic E-state index is 0.117. The van der Waals surface area contributed by atoms with E-state index in [2.05, 4.69) is 121 Å². The predicted octanol–water partition coefficient (Wildman–Crippen LogP) is 7.35. The topological polar surface area (TPSA) is 31.6 Å². The van der Waals surface area contributed by atoms with Gasteiger partial charge >= 0.3 is 0 Å². The fourth-order valence-corrected chi connectivity index (χ4v) is 5.26. The van der Waals surface area contributed by atoms with E-state index >= 15 is 0 Å². The summed E-state index contributed by atoms with van der Waals surface area (Å²) in [5.41, 5.74) is 6.12. The van der Waals surface area contributed by atoms with E-state index in [-0.39, 0.29) is 5.92 Å². The van der Waals surface area contributed by atoms with Crippen LogP contribution in [-0.2, 0) is 0 Å². The highest BCUT2D eigenvalue weighted by Crippen LogP contribution is 2.40. The highest BCUT2D eigenvalue weighted by Gasteiger charge is 2.23. The molecule has 0 unspecified atom stereocenters. The zero-order chi connectivity index (χ0) is 18.4. The lowest BCUT2D eigenvalue weighted by Crippen LogP contribution is -2.02. The van der Waals surface area contributed by atoms with E-state index in [4.69, 9.17) is 0 Å². The fraction of sp³-hybridized carbons (Fsp3) is 0.0435. The van der Waals surface area contributed by atoms with Crippen molar-refractivity contribution >= 4 is 53.7 Å². The van der Waals surface area contributed by atoms with Crippen LogP contribution in [0.15, 0.2) is 88.1 Å². The summed E-state index contributed by atoms with van der Waals surface area (Å²) in [5.74, 6) is 0.117. The van der Waals surface area contributed by atoms with Crippen LogP contribution in [0.5, 0.6) is 0 Å². The molecule has 132 valence electrons. The number of para-hydroxylation sites is 2. The molecule has 0 fully saturated rings. The molecule has 2 N–H and O–H groups in total. The van der Waals surface area contributed by atoms with E-state index in [0.29, 0.717) is 0 Å². The number of benzene rings is 3. The number of halogens is 2. The zero-order valence-corrected chi connectivity index (χ0v) is 17.5. The van der Waals surface area contributed by atoms with E-state index in [1.807, 2.05) is 0 Å². The molecule has 27 heavy (non-hydrogen) atoms. The summed E-state index contributed by atoms with van der Waals surface area (Å²) in [5, 5.41) is 2.51. The predicted molar refractivity (Wildman–Crippen MR) is 119 cm³/mol. The van der Waals surface area contributed by atoms with Gasteiger partial charge in [0, 0.05) is 49.1 Å². The minimum Gasteiger partial charge on any atom is -0.361 e. The van der Waals surface area contributed by atoms with Crippen molar-refractivity contribution in [2.45, 2.75) is 5.92 Å². The Labute approximate surface area is 173 Å². The number of hydrogen-bond acceptors (Lipinski definition) is 0. The number of aromatic amines is 2. The molecule has 2 aromatic heterocycles. The van der Waals surface area contributed by atoms with Crippen molar-refractivity contribution < 1.29 is 0 Å². The van der Waals surface area contributed by atoms with Gasteiger partial charge in [0.25, 0.3) is 0 Å². The monoisotopic (exact) mass is 478 g/mol. The van der Waals surface area contributed by atoms with Crippen molar-refractivity contribution in [1.29, 1.82) is 0 Å². The second-order valence-corrected chi connectivity index (χ2v) is 8.55. The van der Waals surface area contributed by atoms with Crippen LogP contribution in [0.1, 0.15) is 22.6 Å². The Bertz CT molecular complexity index is 1170. The van der Waals surface area contributed by atoms with Crippen molar-refractivity contribution in [3.8, 4) is 0 Å². The second kappa shape index (κ2) is 6.70. The lowest BCUT2D eigenvalue weighted by molar-refractivity contribution is 0.995. The summed E-state index contributed by atoms with van der Waals surface area (Å²) >= 11 is 7.32. The molecule has 5 aromatic rings. The van der Waals surface area contributed by atoms with Gasteiger partial charge in [0.15, 0.2) is 0 Å². The summed E-state index contributed by atoms with van der Waals surface area (Å²) < 4.78 is 2.13. The maximum atomic E-state index is 3.66.